The van der Waals surface area contributed by atoms with E-state index in [4.69, 9.17) is 9.84 Å². The zero-order valence-corrected chi connectivity index (χ0v) is 15.4. The minimum Gasteiger partial charge on any atom is -0.496 e. The third kappa shape index (κ3) is 4.65. The molecule has 1 fully saturated rings. The highest BCUT2D eigenvalue weighted by atomic mass is 16.5. The van der Waals surface area contributed by atoms with E-state index in [9.17, 15) is 9.59 Å². The second kappa shape index (κ2) is 8.68. The fraction of sp³-hybridized carbons (Fsp3) is 0.333. The van der Waals surface area contributed by atoms with Crippen LogP contribution in [0.5, 0.6) is 5.75 Å². The van der Waals surface area contributed by atoms with Gasteiger partial charge in [-0.05, 0) is 42.6 Å². The maximum Gasteiger partial charge on any atom is 0.339 e. The van der Waals surface area contributed by atoms with Crippen LogP contribution in [0, 0.1) is 0 Å². The first-order valence-corrected chi connectivity index (χ1v) is 9.04. The van der Waals surface area contributed by atoms with Gasteiger partial charge in [-0.3, -0.25) is 9.69 Å². The average Bonchev–Trinajstić information content (AvgIpc) is 3.14. The Hall–Kier alpha value is -2.86. The number of hydrogen-bond acceptors (Lipinski definition) is 4. The van der Waals surface area contributed by atoms with Gasteiger partial charge in [0.25, 0.3) is 0 Å². The van der Waals surface area contributed by atoms with Crippen molar-refractivity contribution in [3.8, 4) is 5.75 Å². The first-order valence-electron chi connectivity index (χ1n) is 9.04. The Labute approximate surface area is 158 Å². The van der Waals surface area contributed by atoms with Gasteiger partial charge >= 0.3 is 5.97 Å². The molecule has 0 bridgehead atoms. The van der Waals surface area contributed by atoms with Crippen molar-refractivity contribution in [2.24, 2.45) is 0 Å². The van der Waals surface area contributed by atoms with Crippen molar-refractivity contribution in [2.75, 3.05) is 13.7 Å². The van der Waals surface area contributed by atoms with Gasteiger partial charge in [0, 0.05) is 13.1 Å². The predicted molar refractivity (Wildman–Crippen MR) is 102 cm³/mol. The van der Waals surface area contributed by atoms with Crippen LogP contribution in [0.25, 0.3) is 0 Å². The van der Waals surface area contributed by atoms with Gasteiger partial charge in [0.05, 0.1) is 13.2 Å². The Bertz CT molecular complexity index is 807. The molecule has 2 N–H and O–H groups in total. The van der Waals surface area contributed by atoms with E-state index < -0.39 is 5.97 Å². The summed E-state index contributed by atoms with van der Waals surface area (Å²) in [5, 5.41) is 12.1. The van der Waals surface area contributed by atoms with Crippen molar-refractivity contribution < 1.29 is 19.4 Å². The van der Waals surface area contributed by atoms with Gasteiger partial charge in [-0.15, -0.1) is 0 Å². The van der Waals surface area contributed by atoms with Crippen molar-refractivity contribution in [2.45, 2.75) is 32.0 Å². The molecule has 142 valence electrons. The summed E-state index contributed by atoms with van der Waals surface area (Å²) in [6, 6.07) is 14.9. The zero-order chi connectivity index (χ0) is 19.2. The van der Waals surface area contributed by atoms with Crippen molar-refractivity contribution >= 4 is 11.9 Å². The number of carbonyl (C=O) groups is 2. The van der Waals surface area contributed by atoms with Crippen molar-refractivity contribution in [1.29, 1.82) is 0 Å². The molecule has 0 aliphatic carbocycles. The van der Waals surface area contributed by atoms with Crippen LogP contribution in [0.15, 0.2) is 48.5 Å². The molecule has 1 amide bonds. The first kappa shape index (κ1) is 18.9. The summed E-state index contributed by atoms with van der Waals surface area (Å²) in [4.78, 5) is 26.0. The molecule has 0 saturated carbocycles. The minimum atomic E-state index is -1.04. The highest BCUT2D eigenvalue weighted by Gasteiger charge is 2.30. The van der Waals surface area contributed by atoms with E-state index in [-0.39, 0.29) is 17.5 Å². The Balaban J connectivity index is 1.60. The second-order valence-corrected chi connectivity index (χ2v) is 6.67. The van der Waals surface area contributed by atoms with Crippen molar-refractivity contribution in [3.05, 3.63) is 65.2 Å². The monoisotopic (exact) mass is 368 g/mol. The zero-order valence-electron chi connectivity index (χ0n) is 15.4. The molecule has 3 rings (SSSR count). The van der Waals surface area contributed by atoms with Crippen LogP contribution < -0.4 is 10.1 Å². The molecule has 2 aromatic rings. The summed E-state index contributed by atoms with van der Waals surface area (Å²) in [6.45, 7) is 2.01. The molecule has 1 atom stereocenters. The summed E-state index contributed by atoms with van der Waals surface area (Å²) >= 11 is 0. The van der Waals surface area contributed by atoms with Crippen LogP contribution in [0.2, 0.25) is 0 Å². The van der Waals surface area contributed by atoms with Crippen LogP contribution in [-0.4, -0.2) is 41.6 Å². The highest BCUT2D eigenvalue weighted by Crippen LogP contribution is 2.22. The second-order valence-electron chi connectivity index (χ2n) is 6.67. The Morgan fingerprint density at radius 1 is 1.19 bits per heavy atom. The number of benzene rings is 2. The maximum atomic E-state index is 12.7. The molecule has 6 nitrogen and oxygen atoms in total. The highest BCUT2D eigenvalue weighted by molar-refractivity contribution is 5.91. The van der Waals surface area contributed by atoms with Gasteiger partial charge in [0.1, 0.15) is 11.3 Å². The van der Waals surface area contributed by atoms with Gasteiger partial charge in [-0.2, -0.15) is 0 Å². The summed E-state index contributed by atoms with van der Waals surface area (Å²) in [5.74, 6) is -0.740. The fourth-order valence-electron chi connectivity index (χ4n) is 3.46. The summed E-state index contributed by atoms with van der Waals surface area (Å²) < 4.78 is 5.14. The molecular weight excluding hydrogens is 344 g/mol. The van der Waals surface area contributed by atoms with Gasteiger partial charge in [0.2, 0.25) is 5.91 Å². The van der Waals surface area contributed by atoms with Crippen LogP contribution in [0.3, 0.4) is 0 Å². The van der Waals surface area contributed by atoms with Crippen molar-refractivity contribution in [1.82, 2.24) is 10.2 Å². The molecule has 27 heavy (non-hydrogen) atoms. The summed E-state index contributed by atoms with van der Waals surface area (Å²) in [6.07, 6.45) is 1.85. The molecule has 1 aliphatic rings. The van der Waals surface area contributed by atoms with Gasteiger partial charge in [-0.1, -0.05) is 36.4 Å². The molecule has 1 saturated heterocycles. The number of hydrogen-bond donors (Lipinski definition) is 2. The molecule has 0 radical (unpaired) electrons. The van der Waals surface area contributed by atoms with E-state index in [0.717, 1.165) is 31.5 Å². The number of carboxylic acid groups (broad SMARTS) is 1. The number of carboxylic acids is 1. The Kier molecular flexibility index (Phi) is 6.08. The largest absolute Gasteiger partial charge is 0.496 e. The van der Waals surface area contributed by atoms with Gasteiger partial charge in [0.15, 0.2) is 0 Å². The lowest BCUT2D eigenvalue weighted by molar-refractivity contribution is -0.125. The Morgan fingerprint density at radius 3 is 2.67 bits per heavy atom. The van der Waals surface area contributed by atoms with E-state index >= 15 is 0 Å². The number of ether oxygens (including phenoxy) is 1. The number of nitrogens with zero attached hydrogens (tertiary/aromatic N) is 1. The van der Waals surface area contributed by atoms with Gasteiger partial charge < -0.3 is 15.2 Å². The third-order valence-corrected chi connectivity index (χ3v) is 4.86. The molecule has 0 unspecified atom stereocenters. The average molecular weight is 368 g/mol. The SMILES string of the molecule is COc1cc(CNC(=O)[C@@H]2CCCN2Cc2ccccc2)ccc1C(=O)O. The van der Waals surface area contributed by atoms with Crippen molar-refractivity contribution in [3.63, 3.8) is 0 Å². The number of carbonyl (C=O) groups excluding carboxylic acids is 1. The van der Waals surface area contributed by atoms with Crippen LogP contribution >= 0.6 is 0 Å². The standard InChI is InChI=1S/C21H24N2O4/c1-27-19-12-16(9-10-17(19)21(25)26)13-22-20(24)18-8-5-11-23(18)14-15-6-3-2-4-7-15/h2-4,6-7,9-10,12,18H,5,8,11,13-14H2,1H3,(H,22,24)(H,25,26)/t18-/m0/s1. The van der Waals surface area contributed by atoms with E-state index in [1.165, 1.54) is 18.7 Å². The summed E-state index contributed by atoms with van der Waals surface area (Å²) in [5.41, 5.74) is 2.11. The van der Waals surface area contributed by atoms with E-state index in [1.807, 2.05) is 18.2 Å². The molecule has 6 heteroatoms. The number of rotatable bonds is 7. The number of methoxy groups -OCH3 is 1. The van der Waals surface area contributed by atoms with E-state index in [1.54, 1.807) is 12.1 Å². The normalized spacial score (nSPS) is 16.9. The number of aromatic carboxylic acids is 1. The molecule has 1 heterocycles. The molecule has 0 spiro atoms. The fourth-order valence-corrected chi connectivity index (χ4v) is 3.46. The maximum absolute atomic E-state index is 12.7. The van der Waals surface area contributed by atoms with Crippen LogP contribution in [-0.2, 0) is 17.9 Å². The van der Waals surface area contributed by atoms with Crippen LogP contribution in [0.1, 0.15) is 34.3 Å². The Morgan fingerprint density at radius 2 is 1.96 bits per heavy atom. The smallest absolute Gasteiger partial charge is 0.339 e. The van der Waals surface area contributed by atoms with Gasteiger partial charge in [-0.25, -0.2) is 4.79 Å². The lowest BCUT2D eigenvalue weighted by Gasteiger charge is -2.23. The quantitative estimate of drug-likeness (QED) is 0.786. The first-order chi connectivity index (χ1) is 13.1. The molecule has 0 aromatic heterocycles. The third-order valence-electron chi connectivity index (χ3n) is 4.86. The molecular formula is C21H24N2O4. The predicted octanol–water partition coefficient (Wildman–Crippen LogP) is 2.67. The van der Waals surface area contributed by atoms with Crippen LogP contribution in [0.4, 0.5) is 0 Å². The minimum absolute atomic E-state index is 0.00436. The topological polar surface area (TPSA) is 78.9 Å². The number of likely N-dealkylation sites (tertiary alicyclic amines) is 1. The number of amides is 1. The molecule has 1 aliphatic heterocycles. The lowest BCUT2D eigenvalue weighted by atomic mass is 10.1. The summed E-state index contributed by atoms with van der Waals surface area (Å²) in [7, 11) is 1.43. The van der Waals surface area contributed by atoms with E-state index in [2.05, 4.69) is 22.3 Å². The lowest BCUT2D eigenvalue weighted by Crippen LogP contribution is -2.42. The molecule has 2 aromatic carbocycles. The number of nitrogens with one attached hydrogen (secondary N) is 1. The van der Waals surface area contributed by atoms with E-state index in [0.29, 0.717) is 12.3 Å².